The Balaban J connectivity index is 1.64. The van der Waals surface area contributed by atoms with Gasteiger partial charge in [0.1, 0.15) is 11.6 Å². The number of carbonyl (C=O) groups is 1. The van der Waals surface area contributed by atoms with Gasteiger partial charge in [-0.25, -0.2) is 8.42 Å². The van der Waals surface area contributed by atoms with E-state index in [2.05, 4.69) is 18.2 Å². The minimum atomic E-state index is -3.56. The molecule has 0 bridgehead atoms. The van der Waals surface area contributed by atoms with E-state index in [0.717, 1.165) is 25.8 Å². The van der Waals surface area contributed by atoms with E-state index in [1.165, 1.54) is 0 Å². The number of sulfonamides is 1. The molecular formula is C20H29N3O4S. The van der Waals surface area contributed by atoms with Gasteiger partial charge in [-0.3, -0.25) is 4.79 Å². The van der Waals surface area contributed by atoms with Crippen molar-refractivity contribution in [2.45, 2.75) is 45.3 Å². The van der Waals surface area contributed by atoms with E-state index in [9.17, 15) is 13.2 Å². The molecule has 1 fully saturated rings. The van der Waals surface area contributed by atoms with E-state index >= 15 is 0 Å². The lowest BCUT2D eigenvalue weighted by atomic mass is 9.97. The van der Waals surface area contributed by atoms with Crippen LogP contribution in [-0.4, -0.2) is 44.8 Å². The fourth-order valence-electron chi connectivity index (χ4n) is 3.74. The van der Waals surface area contributed by atoms with E-state index < -0.39 is 10.0 Å². The molecule has 0 saturated carbocycles. The van der Waals surface area contributed by atoms with Crippen molar-refractivity contribution in [3.8, 4) is 5.75 Å². The summed E-state index contributed by atoms with van der Waals surface area (Å²) in [6, 6.07) is 5.29. The Morgan fingerprint density at radius 1 is 1.43 bits per heavy atom. The third-order valence-electron chi connectivity index (χ3n) is 5.51. The van der Waals surface area contributed by atoms with Gasteiger partial charge in [-0.1, -0.05) is 32.4 Å². The van der Waals surface area contributed by atoms with Gasteiger partial charge in [0, 0.05) is 25.4 Å². The normalized spacial score (nSPS) is 22.1. The summed E-state index contributed by atoms with van der Waals surface area (Å²) in [6.45, 7) is 6.18. The number of nitrogens with zero attached hydrogens (tertiary/aromatic N) is 2. The highest BCUT2D eigenvalue weighted by atomic mass is 32.2. The molecule has 2 aliphatic heterocycles. The number of hydrogen-bond acceptors (Lipinski definition) is 5. The van der Waals surface area contributed by atoms with Gasteiger partial charge in [-0.15, -0.1) is 4.40 Å². The lowest BCUT2D eigenvalue weighted by Crippen LogP contribution is -2.42. The number of rotatable bonds is 6. The average Bonchev–Trinajstić information content (AvgIpc) is 2.65. The second kappa shape index (κ2) is 8.51. The lowest BCUT2D eigenvalue weighted by Gasteiger charge is -2.33. The van der Waals surface area contributed by atoms with Gasteiger partial charge in [0.05, 0.1) is 17.9 Å². The maximum absolute atomic E-state index is 12.5. The molecule has 0 aromatic heterocycles. The van der Waals surface area contributed by atoms with Gasteiger partial charge in [-0.05, 0) is 30.4 Å². The Bertz CT molecular complexity index is 866. The highest BCUT2D eigenvalue weighted by Gasteiger charge is 2.27. The van der Waals surface area contributed by atoms with Crippen LogP contribution in [0.25, 0.3) is 0 Å². The zero-order chi connectivity index (χ0) is 20.3. The van der Waals surface area contributed by atoms with E-state index in [-0.39, 0.29) is 23.4 Å². The number of amides is 1. The number of benzene rings is 1. The summed E-state index contributed by atoms with van der Waals surface area (Å²) < 4.78 is 33.2. The zero-order valence-electron chi connectivity index (χ0n) is 16.6. The Hall–Kier alpha value is -2.09. The van der Waals surface area contributed by atoms with Crippen molar-refractivity contribution in [1.82, 2.24) is 4.90 Å². The van der Waals surface area contributed by atoms with Crippen molar-refractivity contribution >= 4 is 21.8 Å². The number of piperidine rings is 1. The van der Waals surface area contributed by atoms with Crippen LogP contribution in [0, 0.1) is 11.8 Å². The summed E-state index contributed by atoms with van der Waals surface area (Å²) in [7, 11) is -3.56. The molecule has 8 heteroatoms. The van der Waals surface area contributed by atoms with Crippen molar-refractivity contribution in [3.63, 3.8) is 0 Å². The number of fused-ring (bicyclic) bond motifs is 1. The summed E-state index contributed by atoms with van der Waals surface area (Å²) in [5, 5.41) is 0. The van der Waals surface area contributed by atoms with Crippen molar-refractivity contribution in [2.75, 3.05) is 19.7 Å². The van der Waals surface area contributed by atoms with Gasteiger partial charge >= 0.3 is 0 Å². The summed E-state index contributed by atoms with van der Waals surface area (Å²) >= 11 is 0. The third kappa shape index (κ3) is 4.84. The third-order valence-corrected chi connectivity index (χ3v) is 6.66. The molecule has 1 saturated heterocycles. The van der Waals surface area contributed by atoms with Crippen molar-refractivity contribution in [1.29, 1.82) is 0 Å². The van der Waals surface area contributed by atoms with Gasteiger partial charge < -0.3 is 15.4 Å². The van der Waals surface area contributed by atoms with Crippen molar-refractivity contribution < 1.29 is 17.9 Å². The van der Waals surface area contributed by atoms with Crippen LogP contribution in [0.15, 0.2) is 22.6 Å². The van der Waals surface area contributed by atoms with E-state index in [0.29, 0.717) is 42.4 Å². The predicted octanol–water partition coefficient (Wildman–Crippen LogP) is 2.29. The number of ether oxygens (including phenoxy) is 1. The number of carbonyl (C=O) groups excluding carboxylic acids is 1. The lowest BCUT2D eigenvalue weighted by molar-refractivity contribution is -0.134. The highest BCUT2D eigenvalue weighted by Crippen LogP contribution is 2.29. The molecule has 0 spiro atoms. The molecule has 1 aromatic rings. The quantitative estimate of drug-likeness (QED) is 0.779. The summed E-state index contributed by atoms with van der Waals surface area (Å²) in [5.74, 6) is 1.23. The first kappa shape index (κ1) is 20.6. The van der Waals surface area contributed by atoms with E-state index in [1.807, 2.05) is 4.90 Å². The molecular weight excluding hydrogens is 378 g/mol. The first-order valence-electron chi connectivity index (χ1n) is 9.90. The van der Waals surface area contributed by atoms with E-state index in [4.69, 9.17) is 10.5 Å². The van der Waals surface area contributed by atoms with Gasteiger partial charge in [0.15, 0.2) is 0 Å². The predicted molar refractivity (Wildman–Crippen MR) is 109 cm³/mol. The second-order valence-corrected chi connectivity index (χ2v) is 9.50. The number of amidine groups is 1. The number of hydrogen-bond donors (Lipinski definition) is 1. The molecule has 1 amide bonds. The molecule has 2 atom stereocenters. The SMILES string of the molecule is CCC(C)CC(=O)N1CCC[C@H](COc2cccc3c2C(N)=NS(=O)(=O)C3)C1. The van der Waals surface area contributed by atoms with Crippen LogP contribution in [0.3, 0.4) is 0 Å². The minimum Gasteiger partial charge on any atom is -0.492 e. The summed E-state index contributed by atoms with van der Waals surface area (Å²) in [5.41, 5.74) is 7.07. The van der Waals surface area contributed by atoms with Crippen molar-refractivity contribution in [2.24, 2.45) is 22.0 Å². The van der Waals surface area contributed by atoms with Crippen LogP contribution in [0.5, 0.6) is 5.75 Å². The van der Waals surface area contributed by atoms with E-state index in [1.54, 1.807) is 18.2 Å². The Morgan fingerprint density at radius 2 is 2.21 bits per heavy atom. The van der Waals surface area contributed by atoms with Crippen LogP contribution in [-0.2, 0) is 20.6 Å². The smallest absolute Gasteiger partial charge is 0.259 e. The molecule has 1 unspecified atom stereocenters. The van der Waals surface area contributed by atoms with Crippen molar-refractivity contribution in [3.05, 3.63) is 29.3 Å². The largest absolute Gasteiger partial charge is 0.492 e. The first-order chi connectivity index (χ1) is 13.3. The fourth-order valence-corrected chi connectivity index (χ4v) is 4.83. The maximum atomic E-state index is 12.5. The standard InChI is InChI=1S/C20H29N3O4S/c1-3-14(2)10-18(24)23-9-5-6-15(11-23)12-27-17-8-4-7-16-13-28(25,26)22-20(21)19(16)17/h4,7-8,14-15H,3,5-6,9-13H2,1-2H3,(H2,21,22)/t14?,15-/m0/s1. The molecule has 2 aliphatic rings. The molecule has 1 aromatic carbocycles. The molecule has 2 heterocycles. The van der Waals surface area contributed by atoms with Gasteiger partial charge in [-0.2, -0.15) is 0 Å². The highest BCUT2D eigenvalue weighted by molar-refractivity contribution is 7.89. The summed E-state index contributed by atoms with van der Waals surface area (Å²) in [4.78, 5) is 14.4. The average molecular weight is 408 g/mol. The van der Waals surface area contributed by atoms with Crippen LogP contribution < -0.4 is 10.5 Å². The maximum Gasteiger partial charge on any atom is 0.259 e. The van der Waals surface area contributed by atoms with Gasteiger partial charge in [0.25, 0.3) is 10.0 Å². The number of nitrogens with two attached hydrogens (primary N) is 1. The molecule has 2 N–H and O–H groups in total. The first-order valence-corrected chi connectivity index (χ1v) is 11.5. The molecule has 3 rings (SSSR count). The van der Waals surface area contributed by atoms with Crippen LogP contribution in [0.2, 0.25) is 0 Å². The van der Waals surface area contributed by atoms with Crippen LogP contribution in [0.1, 0.15) is 50.7 Å². The van der Waals surface area contributed by atoms with Crippen LogP contribution in [0.4, 0.5) is 0 Å². The molecule has 28 heavy (non-hydrogen) atoms. The topological polar surface area (TPSA) is 102 Å². The monoisotopic (exact) mass is 407 g/mol. The number of likely N-dealkylation sites (tertiary alicyclic amines) is 1. The second-order valence-electron chi connectivity index (χ2n) is 7.87. The molecule has 154 valence electrons. The molecule has 0 radical (unpaired) electrons. The fraction of sp³-hybridized carbons (Fsp3) is 0.600. The molecule has 0 aliphatic carbocycles. The minimum absolute atomic E-state index is 0.0224. The van der Waals surface area contributed by atoms with Gasteiger partial charge in [0.2, 0.25) is 5.91 Å². The Kier molecular flexibility index (Phi) is 6.27. The molecule has 7 nitrogen and oxygen atoms in total. The Morgan fingerprint density at radius 3 is 2.96 bits per heavy atom. The summed E-state index contributed by atoms with van der Waals surface area (Å²) in [6.07, 6.45) is 3.57. The van der Waals surface area contributed by atoms with Crippen LogP contribution >= 0.6 is 0 Å². The Labute approximate surface area is 167 Å². The zero-order valence-corrected chi connectivity index (χ0v) is 17.4.